The van der Waals surface area contributed by atoms with E-state index in [-0.39, 0.29) is 16.7 Å². The van der Waals surface area contributed by atoms with Gasteiger partial charge in [-0.15, -0.1) is 0 Å². The first kappa shape index (κ1) is 40.1. The van der Waals surface area contributed by atoms with Crippen molar-refractivity contribution in [3.8, 4) is 0 Å². The summed E-state index contributed by atoms with van der Waals surface area (Å²) in [7, 11) is -3.58. The molecule has 2 aromatic heterocycles. The number of piperidine rings is 1. The minimum atomic E-state index is -5.77. The zero-order valence-corrected chi connectivity index (χ0v) is 29.4. The first-order valence-corrected chi connectivity index (χ1v) is 17.9. The Hall–Kier alpha value is -5.14. The normalized spacial score (nSPS) is 15.1. The summed E-state index contributed by atoms with van der Waals surface area (Å²) in [4.78, 5) is 45.4. The molecular weight excluding hydrogens is 768 g/mol. The molecule has 0 aliphatic carbocycles. The molecule has 3 N–H and O–H groups in total. The Morgan fingerprint density at radius 2 is 1.56 bits per heavy atom. The summed E-state index contributed by atoms with van der Waals surface area (Å²) in [5.74, 6) is -5.89. The number of Topliss-reactive ketones (excluding diaryl/α,β-unsaturated/α-hetero) is 2. The fraction of sp³-hybridized carbons (Fsp3) is 0.294. The Morgan fingerprint density at radius 1 is 0.870 bits per heavy atom. The van der Waals surface area contributed by atoms with Crippen molar-refractivity contribution in [2.45, 2.75) is 49.4 Å². The van der Waals surface area contributed by atoms with E-state index in [1.54, 1.807) is 24.5 Å². The number of sulfonamides is 1. The standard InChI is InChI=1S/C30H30ClN7O3S.C4F6O2/c31-26-19-33-30-35-23-4-1-3-20(15-23)6-7-22-17-24(34-29(26)37-30)8-9-27(22)36-28(39)16-21-10-13-38(14-11-21)42(40,41)25-5-2-12-32-18-25;5-3(6,7)1(11)2(12)4(8,9)10/h1-5,8-9,12,15,17-19,21H,6-7,10-11,13-14,16H2,(H,36,39)(H2,33,34,35,37);. The number of aromatic nitrogens is 3. The molecule has 54 heavy (non-hydrogen) atoms. The van der Waals surface area contributed by atoms with E-state index in [0.717, 1.165) is 34.6 Å². The second-order valence-electron chi connectivity index (χ2n) is 12.2. The van der Waals surface area contributed by atoms with Crippen LogP contribution in [0.3, 0.4) is 0 Å². The van der Waals surface area contributed by atoms with Crippen LogP contribution in [-0.4, -0.2) is 70.6 Å². The Bertz CT molecular complexity index is 2110. The second kappa shape index (κ2) is 16.5. The smallest absolute Gasteiger partial charge is 0.339 e. The lowest BCUT2D eigenvalue weighted by molar-refractivity contribution is -0.193. The minimum absolute atomic E-state index is 0.0851. The van der Waals surface area contributed by atoms with E-state index in [9.17, 15) is 49.1 Å². The van der Waals surface area contributed by atoms with Gasteiger partial charge in [0.2, 0.25) is 21.9 Å². The van der Waals surface area contributed by atoms with Crippen molar-refractivity contribution in [2.75, 3.05) is 29.0 Å². The minimum Gasteiger partial charge on any atom is -0.339 e. The lowest BCUT2D eigenvalue weighted by atomic mass is 9.94. The highest BCUT2D eigenvalue weighted by Gasteiger charge is 2.54. The summed E-state index contributed by atoms with van der Waals surface area (Å²) < 4.78 is 94.3. The third-order valence-corrected chi connectivity index (χ3v) is 10.5. The number of ketones is 2. The summed E-state index contributed by atoms with van der Waals surface area (Å²) in [5, 5.41) is 10.0. The largest absolute Gasteiger partial charge is 0.458 e. The van der Waals surface area contributed by atoms with Gasteiger partial charge in [0, 0.05) is 49.0 Å². The number of aryl methyl sites for hydroxylation is 2. The topological polar surface area (TPSA) is 163 Å². The molecule has 0 spiro atoms. The third-order valence-electron chi connectivity index (χ3n) is 8.29. The van der Waals surface area contributed by atoms with Crippen molar-refractivity contribution >= 4 is 67.9 Å². The van der Waals surface area contributed by atoms with Crippen LogP contribution in [0.25, 0.3) is 0 Å². The van der Waals surface area contributed by atoms with Gasteiger partial charge in [-0.25, -0.2) is 13.4 Å². The van der Waals surface area contributed by atoms with Crippen molar-refractivity contribution in [2.24, 2.45) is 5.92 Å². The Kier molecular flexibility index (Phi) is 12.2. The van der Waals surface area contributed by atoms with Gasteiger partial charge in [-0.1, -0.05) is 23.7 Å². The van der Waals surface area contributed by atoms with Gasteiger partial charge in [0.05, 0.1) is 6.20 Å². The van der Waals surface area contributed by atoms with Gasteiger partial charge >= 0.3 is 23.9 Å². The van der Waals surface area contributed by atoms with Crippen LogP contribution in [0, 0.1) is 5.92 Å². The highest BCUT2D eigenvalue weighted by Crippen LogP contribution is 2.31. The van der Waals surface area contributed by atoms with Gasteiger partial charge in [0.15, 0.2) is 5.82 Å². The molecule has 4 aromatic rings. The average Bonchev–Trinajstić information content (AvgIpc) is 3.12. The Balaban J connectivity index is 0.000000404. The number of halogens is 7. The number of pyridine rings is 1. The van der Waals surface area contributed by atoms with Gasteiger partial charge in [0.1, 0.15) is 9.92 Å². The van der Waals surface area contributed by atoms with Gasteiger partial charge in [-0.3, -0.25) is 19.4 Å². The van der Waals surface area contributed by atoms with Crippen LogP contribution in [0.4, 0.5) is 55.2 Å². The molecule has 6 rings (SSSR count). The quantitative estimate of drug-likeness (QED) is 0.140. The van der Waals surface area contributed by atoms with Crippen molar-refractivity contribution in [1.29, 1.82) is 0 Å². The predicted octanol–water partition coefficient (Wildman–Crippen LogP) is 6.79. The van der Waals surface area contributed by atoms with Crippen molar-refractivity contribution < 1.29 is 49.1 Å². The van der Waals surface area contributed by atoms with Gasteiger partial charge in [-0.2, -0.15) is 35.6 Å². The monoisotopic (exact) mass is 797 g/mol. The van der Waals surface area contributed by atoms with Crippen LogP contribution in [-0.2, 0) is 37.2 Å². The average molecular weight is 798 g/mol. The van der Waals surface area contributed by atoms with E-state index in [1.165, 1.54) is 10.5 Å². The first-order valence-electron chi connectivity index (χ1n) is 16.1. The molecule has 2 aromatic carbocycles. The van der Waals surface area contributed by atoms with Crippen LogP contribution in [0.2, 0.25) is 5.02 Å². The maximum atomic E-state index is 13.2. The number of alkyl halides is 6. The first-order chi connectivity index (χ1) is 25.4. The van der Waals surface area contributed by atoms with Crippen LogP contribution in [0.5, 0.6) is 0 Å². The number of fused-ring (bicyclic) bond motifs is 6. The number of carbonyl (C=O) groups is 3. The molecule has 0 saturated carbocycles. The van der Waals surface area contributed by atoms with Gasteiger partial charge < -0.3 is 16.0 Å². The van der Waals surface area contributed by atoms with Crippen molar-refractivity contribution in [3.05, 3.63) is 89.3 Å². The summed E-state index contributed by atoms with van der Waals surface area (Å²) in [6.45, 7) is 0.754. The predicted molar refractivity (Wildman–Crippen MR) is 185 cm³/mol. The van der Waals surface area contributed by atoms with Crippen LogP contribution >= 0.6 is 11.6 Å². The zero-order chi connectivity index (χ0) is 39.3. The van der Waals surface area contributed by atoms with Crippen molar-refractivity contribution in [3.63, 3.8) is 0 Å². The molecule has 4 heterocycles. The van der Waals surface area contributed by atoms with Crippen LogP contribution < -0.4 is 16.0 Å². The van der Waals surface area contributed by atoms with Gasteiger partial charge in [-0.05, 0) is 85.2 Å². The van der Waals surface area contributed by atoms with E-state index in [2.05, 4.69) is 43.0 Å². The second-order valence-corrected chi connectivity index (χ2v) is 14.5. The maximum absolute atomic E-state index is 13.2. The molecule has 12 nitrogen and oxygen atoms in total. The molecule has 2 aliphatic rings. The molecule has 6 bridgehead atoms. The molecule has 0 radical (unpaired) electrons. The molecule has 20 heteroatoms. The number of rotatable bonds is 6. The molecule has 1 fully saturated rings. The van der Waals surface area contributed by atoms with Crippen LogP contribution in [0.1, 0.15) is 30.4 Å². The lowest BCUT2D eigenvalue weighted by Crippen LogP contribution is -2.39. The number of nitrogens with zero attached hydrogens (tertiary/aromatic N) is 4. The summed E-state index contributed by atoms with van der Waals surface area (Å²) in [6.07, 6.45) is -4.03. The van der Waals surface area contributed by atoms with E-state index in [1.807, 2.05) is 30.3 Å². The number of amides is 1. The fourth-order valence-electron chi connectivity index (χ4n) is 5.59. The molecule has 0 unspecified atom stereocenters. The fourth-order valence-corrected chi connectivity index (χ4v) is 7.16. The molecule has 1 saturated heterocycles. The number of benzene rings is 2. The molecule has 0 atom stereocenters. The Morgan fingerprint density at radius 3 is 2.20 bits per heavy atom. The molecule has 286 valence electrons. The van der Waals surface area contributed by atoms with E-state index >= 15 is 0 Å². The number of carbonyl (C=O) groups excluding carboxylic acids is 3. The maximum Gasteiger partial charge on any atom is 0.458 e. The van der Waals surface area contributed by atoms with Gasteiger partial charge in [0.25, 0.3) is 0 Å². The molecule has 1 amide bonds. The number of hydrogen-bond donors (Lipinski definition) is 3. The number of nitrogens with one attached hydrogen (secondary N) is 3. The zero-order valence-electron chi connectivity index (χ0n) is 27.8. The number of anilines is 5. The highest BCUT2D eigenvalue weighted by molar-refractivity contribution is 7.89. The SMILES string of the molecule is O=C(C(=O)C(F)(F)F)C(F)(F)F.O=C(CC1CCN(S(=O)(=O)c2cccnc2)CC1)Nc1ccc2cc1CCc1cccc(c1)Nc1ncc(Cl)c(n1)N2. The Labute approximate surface area is 309 Å². The molecule has 2 aliphatic heterocycles. The van der Waals surface area contributed by atoms with E-state index in [0.29, 0.717) is 55.6 Å². The third kappa shape index (κ3) is 10.3. The summed E-state index contributed by atoms with van der Waals surface area (Å²) >= 11 is 6.38. The summed E-state index contributed by atoms with van der Waals surface area (Å²) in [6, 6.07) is 17.0. The highest BCUT2D eigenvalue weighted by atomic mass is 35.5. The van der Waals surface area contributed by atoms with Crippen molar-refractivity contribution in [1.82, 2.24) is 19.3 Å². The van der Waals surface area contributed by atoms with E-state index < -0.39 is 33.9 Å². The summed E-state index contributed by atoms with van der Waals surface area (Å²) in [5.41, 5.74) is 4.54. The van der Waals surface area contributed by atoms with E-state index in [4.69, 9.17) is 11.6 Å². The molecular formula is C34H30ClF6N7O5S. The lowest BCUT2D eigenvalue weighted by Gasteiger charge is -2.30. The number of hydrogen-bond acceptors (Lipinski definition) is 10. The van der Waals surface area contributed by atoms with Crippen LogP contribution in [0.15, 0.2) is 78.1 Å².